The van der Waals surface area contributed by atoms with E-state index in [-0.39, 0.29) is 12.6 Å². The van der Waals surface area contributed by atoms with Crippen LogP contribution in [0.2, 0.25) is 0 Å². The van der Waals surface area contributed by atoms with Crippen LogP contribution >= 0.6 is 19.8 Å². The van der Waals surface area contributed by atoms with E-state index >= 15 is 0 Å². The zero-order valence-corrected chi connectivity index (χ0v) is 11.4. The van der Waals surface area contributed by atoms with Gasteiger partial charge >= 0.3 is 7.60 Å². The SMILES string of the molecule is Nc1nc(=S)c2ncn(CCOCP(=O)(O)O)c2[nH]1. The van der Waals surface area contributed by atoms with E-state index in [1.807, 2.05) is 0 Å². The molecule has 19 heavy (non-hydrogen) atoms. The summed E-state index contributed by atoms with van der Waals surface area (Å²) in [7, 11) is -4.14. The van der Waals surface area contributed by atoms with E-state index in [0.29, 0.717) is 22.3 Å². The van der Waals surface area contributed by atoms with E-state index in [4.69, 9.17) is 32.5 Å². The van der Waals surface area contributed by atoms with Gasteiger partial charge in [-0.25, -0.2) is 9.97 Å². The molecule has 5 N–H and O–H groups in total. The number of aromatic amines is 1. The standard InChI is InChI=1S/C8H12N5O4PS/c9-8-11-6-5(7(19)12-8)10-3-13(6)1-2-17-4-18(14,15)16/h3H,1-2,4H2,(H2,14,15,16)(H3,9,11,12,19). The van der Waals surface area contributed by atoms with Crippen molar-refractivity contribution in [3.05, 3.63) is 11.0 Å². The maximum absolute atomic E-state index is 10.6. The largest absolute Gasteiger partial charge is 0.369 e. The van der Waals surface area contributed by atoms with Crippen molar-refractivity contribution in [1.82, 2.24) is 19.5 Å². The maximum Gasteiger partial charge on any atom is 0.350 e. The normalized spacial score (nSPS) is 12.1. The van der Waals surface area contributed by atoms with Gasteiger partial charge in [0.15, 0.2) is 10.6 Å². The van der Waals surface area contributed by atoms with Gasteiger partial charge in [0.05, 0.1) is 12.9 Å². The Morgan fingerprint density at radius 1 is 1.58 bits per heavy atom. The maximum atomic E-state index is 10.6. The highest BCUT2D eigenvalue weighted by Gasteiger charge is 2.12. The first-order chi connectivity index (χ1) is 8.87. The molecule has 0 unspecified atom stereocenters. The van der Waals surface area contributed by atoms with Gasteiger partial charge < -0.3 is 29.8 Å². The molecule has 0 aliphatic heterocycles. The first kappa shape index (κ1) is 14.1. The predicted molar refractivity (Wildman–Crippen MR) is 70.0 cm³/mol. The third kappa shape index (κ3) is 3.58. The second-order valence-electron chi connectivity index (χ2n) is 3.76. The quantitative estimate of drug-likeness (QED) is 0.349. The van der Waals surface area contributed by atoms with Gasteiger partial charge in [-0.3, -0.25) is 4.57 Å². The highest BCUT2D eigenvalue weighted by Crippen LogP contribution is 2.33. The molecule has 0 saturated heterocycles. The molecule has 2 aromatic heterocycles. The van der Waals surface area contributed by atoms with Crippen LogP contribution in [0, 0.1) is 4.64 Å². The molecule has 0 bridgehead atoms. The second kappa shape index (κ2) is 5.35. The van der Waals surface area contributed by atoms with Gasteiger partial charge in [0.25, 0.3) is 0 Å². The van der Waals surface area contributed by atoms with Gasteiger partial charge in [-0.2, -0.15) is 0 Å². The Balaban J connectivity index is 2.10. The van der Waals surface area contributed by atoms with Crippen LogP contribution in [-0.4, -0.2) is 42.3 Å². The Hall–Kier alpha value is -1.32. The summed E-state index contributed by atoms with van der Waals surface area (Å²) in [4.78, 5) is 28.1. The van der Waals surface area contributed by atoms with Gasteiger partial charge in [-0.05, 0) is 0 Å². The van der Waals surface area contributed by atoms with Crippen LogP contribution < -0.4 is 5.73 Å². The molecule has 0 spiro atoms. The molecule has 0 radical (unpaired) electrons. The highest BCUT2D eigenvalue weighted by atomic mass is 32.1. The number of nitrogens with one attached hydrogen (secondary N) is 1. The molecule has 2 heterocycles. The molecular formula is C8H12N5O4PS. The zero-order valence-electron chi connectivity index (χ0n) is 9.68. The number of H-pyrrole nitrogens is 1. The van der Waals surface area contributed by atoms with Crippen LogP contribution in [0.1, 0.15) is 0 Å². The summed E-state index contributed by atoms with van der Waals surface area (Å²) in [5.41, 5.74) is 6.66. The average molecular weight is 305 g/mol. The molecule has 0 aromatic carbocycles. The zero-order chi connectivity index (χ0) is 14.0. The van der Waals surface area contributed by atoms with Crippen LogP contribution in [0.3, 0.4) is 0 Å². The average Bonchev–Trinajstić information content (AvgIpc) is 2.66. The molecule has 2 aromatic rings. The predicted octanol–water partition coefficient (Wildman–Crippen LogP) is 0.223. The lowest BCUT2D eigenvalue weighted by Gasteiger charge is -2.07. The number of ether oxygens (including phenoxy) is 1. The Kier molecular flexibility index (Phi) is 3.97. The van der Waals surface area contributed by atoms with Gasteiger partial charge in [0.2, 0.25) is 0 Å². The van der Waals surface area contributed by atoms with Crippen molar-refractivity contribution in [2.24, 2.45) is 0 Å². The highest BCUT2D eigenvalue weighted by molar-refractivity contribution is 7.71. The molecule has 0 saturated carbocycles. The number of aromatic nitrogens is 4. The number of fused-ring (bicyclic) bond motifs is 1. The second-order valence-corrected chi connectivity index (χ2v) is 5.74. The Bertz CT molecular complexity index is 692. The van der Waals surface area contributed by atoms with E-state index in [0.717, 1.165) is 0 Å². The van der Waals surface area contributed by atoms with Crippen molar-refractivity contribution in [1.29, 1.82) is 0 Å². The fraction of sp³-hybridized carbons (Fsp3) is 0.375. The smallest absolute Gasteiger partial charge is 0.350 e. The Morgan fingerprint density at radius 3 is 3.00 bits per heavy atom. The van der Waals surface area contributed by atoms with E-state index in [1.165, 1.54) is 6.33 Å². The Morgan fingerprint density at radius 2 is 2.32 bits per heavy atom. The van der Waals surface area contributed by atoms with Crippen molar-refractivity contribution in [3.63, 3.8) is 0 Å². The lowest BCUT2D eigenvalue weighted by molar-refractivity contribution is 0.149. The topological polar surface area (TPSA) is 139 Å². The number of hydrogen-bond acceptors (Lipinski definition) is 6. The van der Waals surface area contributed by atoms with Gasteiger partial charge in [0, 0.05) is 6.54 Å². The van der Waals surface area contributed by atoms with E-state index in [1.54, 1.807) is 4.57 Å². The first-order valence-electron chi connectivity index (χ1n) is 5.20. The number of imidazole rings is 1. The molecule has 11 heteroatoms. The van der Waals surface area contributed by atoms with Crippen molar-refractivity contribution in [2.75, 3.05) is 18.7 Å². The summed E-state index contributed by atoms with van der Waals surface area (Å²) in [6.45, 7) is 0.477. The molecule has 0 amide bonds. The summed E-state index contributed by atoms with van der Waals surface area (Å²) < 4.78 is 17.5. The number of rotatable bonds is 5. The fourth-order valence-electron chi connectivity index (χ4n) is 1.50. The number of nitrogens with two attached hydrogens (primary N) is 1. The molecule has 104 valence electrons. The van der Waals surface area contributed by atoms with E-state index in [9.17, 15) is 4.57 Å². The van der Waals surface area contributed by atoms with Crippen molar-refractivity contribution < 1.29 is 19.1 Å². The van der Waals surface area contributed by atoms with Crippen LogP contribution in [-0.2, 0) is 15.8 Å². The van der Waals surface area contributed by atoms with Gasteiger partial charge in [-0.15, -0.1) is 0 Å². The molecular weight excluding hydrogens is 293 g/mol. The summed E-state index contributed by atoms with van der Waals surface area (Å²) in [6.07, 6.45) is 0.915. The molecule has 0 atom stereocenters. The van der Waals surface area contributed by atoms with Crippen molar-refractivity contribution in [3.8, 4) is 0 Å². The summed E-state index contributed by atoms with van der Waals surface area (Å²) in [5.74, 6) is 0.176. The van der Waals surface area contributed by atoms with Crippen LogP contribution in [0.5, 0.6) is 0 Å². The lowest BCUT2D eigenvalue weighted by atomic mass is 10.5. The van der Waals surface area contributed by atoms with Crippen LogP contribution in [0.25, 0.3) is 11.2 Å². The lowest BCUT2D eigenvalue weighted by Crippen LogP contribution is -2.07. The minimum Gasteiger partial charge on any atom is -0.369 e. The van der Waals surface area contributed by atoms with Crippen molar-refractivity contribution >= 4 is 36.9 Å². The number of nitrogens with zero attached hydrogens (tertiary/aromatic N) is 3. The third-order valence-corrected chi connectivity index (χ3v) is 3.05. The molecule has 0 fully saturated rings. The fourth-order valence-corrected chi connectivity index (χ4v) is 2.11. The van der Waals surface area contributed by atoms with Gasteiger partial charge in [0.1, 0.15) is 17.5 Å². The molecule has 0 aliphatic carbocycles. The van der Waals surface area contributed by atoms with Gasteiger partial charge in [-0.1, -0.05) is 12.2 Å². The molecule has 0 aliphatic rings. The van der Waals surface area contributed by atoms with E-state index < -0.39 is 13.9 Å². The van der Waals surface area contributed by atoms with Crippen molar-refractivity contribution in [2.45, 2.75) is 6.54 Å². The Labute approximate surface area is 112 Å². The number of hydrogen-bond donors (Lipinski definition) is 4. The molecule has 9 nitrogen and oxygen atoms in total. The number of anilines is 1. The third-order valence-electron chi connectivity index (χ3n) is 2.24. The monoisotopic (exact) mass is 305 g/mol. The minimum absolute atomic E-state index is 0.124. The molecule has 2 rings (SSSR count). The van der Waals surface area contributed by atoms with Crippen LogP contribution in [0.4, 0.5) is 5.95 Å². The van der Waals surface area contributed by atoms with Crippen LogP contribution in [0.15, 0.2) is 6.33 Å². The van der Waals surface area contributed by atoms with E-state index in [2.05, 4.69) is 15.0 Å². The summed E-state index contributed by atoms with van der Waals surface area (Å²) in [6, 6.07) is 0. The minimum atomic E-state index is -4.14. The summed E-state index contributed by atoms with van der Waals surface area (Å²) in [5, 5.41) is 0. The summed E-state index contributed by atoms with van der Waals surface area (Å²) >= 11 is 5.02. The number of nitrogen functional groups attached to an aromatic ring is 1. The first-order valence-corrected chi connectivity index (χ1v) is 7.40.